The summed E-state index contributed by atoms with van der Waals surface area (Å²) in [7, 11) is 0. The Labute approximate surface area is 168 Å². The van der Waals surface area contributed by atoms with E-state index >= 15 is 0 Å². The fourth-order valence-electron chi connectivity index (χ4n) is 2.91. The molecule has 0 aliphatic carbocycles. The first-order chi connectivity index (χ1) is 13.6. The van der Waals surface area contributed by atoms with Gasteiger partial charge in [0.25, 0.3) is 5.91 Å². The summed E-state index contributed by atoms with van der Waals surface area (Å²) in [6, 6.07) is 6.95. The number of ether oxygens (including phenoxy) is 3. The molecule has 3 rings (SSSR count). The number of benzene rings is 1. The maximum absolute atomic E-state index is 12.5. The van der Waals surface area contributed by atoms with Crippen molar-refractivity contribution in [3.8, 4) is 0 Å². The molecule has 2 aliphatic rings. The molecule has 28 heavy (non-hydrogen) atoms. The van der Waals surface area contributed by atoms with Gasteiger partial charge in [0.05, 0.1) is 37.7 Å². The van der Waals surface area contributed by atoms with E-state index in [9.17, 15) is 14.4 Å². The van der Waals surface area contributed by atoms with Crippen LogP contribution in [0.3, 0.4) is 0 Å². The number of thioether (sulfide) groups is 1. The average Bonchev–Trinajstić information content (AvgIpc) is 2.77. The van der Waals surface area contributed by atoms with Gasteiger partial charge in [0.2, 0.25) is 5.91 Å². The van der Waals surface area contributed by atoms with Crippen molar-refractivity contribution in [2.24, 2.45) is 0 Å². The normalized spacial score (nSPS) is 17.3. The van der Waals surface area contributed by atoms with Crippen LogP contribution in [0, 0.1) is 0 Å². The topological polar surface area (TPSA) is 85.4 Å². The van der Waals surface area contributed by atoms with Gasteiger partial charge in [-0.1, -0.05) is 12.1 Å². The van der Waals surface area contributed by atoms with Crippen LogP contribution in [0.25, 0.3) is 0 Å². The van der Waals surface area contributed by atoms with Gasteiger partial charge in [0.15, 0.2) is 6.61 Å². The molecular formula is C19H24N2O6S. The van der Waals surface area contributed by atoms with Crippen LogP contribution in [-0.4, -0.2) is 92.5 Å². The average molecular weight is 408 g/mol. The number of carbonyl (C=O) groups excluding carboxylic acids is 3. The lowest BCUT2D eigenvalue weighted by atomic mass is 10.2. The van der Waals surface area contributed by atoms with Crippen molar-refractivity contribution in [1.82, 2.24) is 9.80 Å². The molecule has 0 radical (unpaired) electrons. The minimum absolute atomic E-state index is 0.0129. The summed E-state index contributed by atoms with van der Waals surface area (Å²) in [5, 5.41) is 0. The Morgan fingerprint density at radius 2 is 1.46 bits per heavy atom. The number of rotatable bonds is 6. The highest BCUT2D eigenvalue weighted by Gasteiger charge is 2.21. The molecule has 2 amide bonds. The molecule has 1 aromatic carbocycles. The van der Waals surface area contributed by atoms with Gasteiger partial charge in [-0.3, -0.25) is 9.59 Å². The van der Waals surface area contributed by atoms with Crippen LogP contribution in [0.5, 0.6) is 0 Å². The van der Waals surface area contributed by atoms with E-state index in [0.29, 0.717) is 63.1 Å². The van der Waals surface area contributed by atoms with E-state index < -0.39 is 5.97 Å². The zero-order valence-corrected chi connectivity index (χ0v) is 16.4. The fourth-order valence-corrected chi connectivity index (χ4v) is 3.86. The van der Waals surface area contributed by atoms with Crippen molar-refractivity contribution in [3.05, 3.63) is 29.8 Å². The molecule has 0 atom stereocenters. The Bertz CT molecular complexity index is 701. The van der Waals surface area contributed by atoms with Gasteiger partial charge in [-0.05, 0) is 12.1 Å². The third-order valence-corrected chi connectivity index (χ3v) is 5.57. The third-order valence-electron chi connectivity index (χ3n) is 4.51. The molecule has 0 spiro atoms. The molecule has 1 aromatic rings. The molecule has 0 N–H and O–H groups in total. The Morgan fingerprint density at radius 1 is 0.893 bits per heavy atom. The molecule has 0 saturated carbocycles. The largest absolute Gasteiger partial charge is 0.452 e. The molecule has 8 nitrogen and oxygen atoms in total. The minimum atomic E-state index is -0.566. The summed E-state index contributed by atoms with van der Waals surface area (Å²) in [6.45, 7) is 3.99. The van der Waals surface area contributed by atoms with E-state index in [1.54, 1.807) is 34.1 Å². The van der Waals surface area contributed by atoms with Gasteiger partial charge < -0.3 is 24.0 Å². The van der Waals surface area contributed by atoms with E-state index in [1.165, 1.54) is 11.8 Å². The van der Waals surface area contributed by atoms with Gasteiger partial charge >= 0.3 is 5.97 Å². The van der Waals surface area contributed by atoms with Crippen molar-refractivity contribution in [1.29, 1.82) is 0 Å². The van der Waals surface area contributed by atoms with Crippen molar-refractivity contribution in [2.75, 3.05) is 65.0 Å². The van der Waals surface area contributed by atoms with Gasteiger partial charge in [-0.15, -0.1) is 11.8 Å². The molecule has 2 heterocycles. The molecule has 152 valence electrons. The fraction of sp³-hybridized carbons (Fsp3) is 0.526. The number of esters is 1. The van der Waals surface area contributed by atoms with Gasteiger partial charge in [-0.2, -0.15) is 0 Å². The van der Waals surface area contributed by atoms with Crippen LogP contribution in [-0.2, 0) is 23.8 Å². The summed E-state index contributed by atoms with van der Waals surface area (Å²) < 4.78 is 15.7. The first kappa shape index (κ1) is 20.6. The zero-order chi connectivity index (χ0) is 19.8. The summed E-state index contributed by atoms with van der Waals surface area (Å²) in [5.74, 6) is -0.552. The highest BCUT2D eigenvalue weighted by atomic mass is 32.2. The third kappa shape index (κ3) is 5.70. The molecule has 9 heteroatoms. The quantitative estimate of drug-likeness (QED) is 0.505. The lowest BCUT2D eigenvalue weighted by Gasteiger charge is -2.27. The summed E-state index contributed by atoms with van der Waals surface area (Å²) >= 11 is 1.29. The van der Waals surface area contributed by atoms with Gasteiger partial charge in [0, 0.05) is 31.1 Å². The lowest BCUT2D eigenvalue weighted by molar-refractivity contribution is -0.138. The highest BCUT2D eigenvalue weighted by Crippen LogP contribution is 2.24. The predicted octanol–water partition coefficient (Wildman–Crippen LogP) is 0.653. The molecule has 0 unspecified atom stereocenters. The van der Waals surface area contributed by atoms with Gasteiger partial charge in [0.1, 0.15) is 0 Å². The smallest absolute Gasteiger partial charge is 0.339 e. The first-order valence-corrected chi connectivity index (χ1v) is 10.2. The van der Waals surface area contributed by atoms with Crippen molar-refractivity contribution in [2.45, 2.75) is 4.90 Å². The summed E-state index contributed by atoms with van der Waals surface area (Å²) in [6.07, 6.45) is 0. The van der Waals surface area contributed by atoms with E-state index in [1.807, 2.05) is 0 Å². The Morgan fingerprint density at radius 3 is 2.11 bits per heavy atom. The second kappa shape index (κ2) is 10.4. The molecule has 2 aliphatic heterocycles. The number of hydrogen-bond acceptors (Lipinski definition) is 7. The lowest BCUT2D eigenvalue weighted by Crippen LogP contribution is -2.42. The SMILES string of the molecule is O=C(OCC(=O)N1CCOCC1)c1ccccc1SCC(=O)N1CCOCC1. The molecule has 0 bridgehead atoms. The van der Waals surface area contributed by atoms with E-state index in [4.69, 9.17) is 14.2 Å². The minimum Gasteiger partial charge on any atom is -0.452 e. The number of amides is 2. The number of morpholine rings is 2. The monoisotopic (exact) mass is 408 g/mol. The highest BCUT2D eigenvalue weighted by molar-refractivity contribution is 8.00. The van der Waals surface area contributed by atoms with Crippen LogP contribution in [0.2, 0.25) is 0 Å². The van der Waals surface area contributed by atoms with Crippen LogP contribution >= 0.6 is 11.8 Å². The Balaban J connectivity index is 1.52. The van der Waals surface area contributed by atoms with E-state index in [2.05, 4.69) is 0 Å². The molecule has 2 saturated heterocycles. The Hall–Kier alpha value is -2.10. The second-order valence-electron chi connectivity index (χ2n) is 6.35. The van der Waals surface area contributed by atoms with E-state index in [-0.39, 0.29) is 24.2 Å². The summed E-state index contributed by atoms with van der Waals surface area (Å²) in [5.41, 5.74) is 0.358. The first-order valence-electron chi connectivity index (χ1n) is 9.25. The molecule has 2 fully saturated rings. The number of carbonyl (C=O) groups is 3. The second-order valence-corrected chi connectivity index (χ2v) is 7.36. The standard InChI is InChI=1S/C19H24N2O6S/c22-17(20-5-9-25-10-6-20)13-27-19(24)15-3-1-2-4-16(15)28-14-18(23)21-7-11-26-12-8-21/h1-4H,5-14H2. The summed E-state index contributed by atoms with van der Waals surface area (Å²) in [4.78, 5) is 41.0. The molecular weight excluding hydrogens is 384 g/mol. The van der Waals surface area contributed by atoms with Crippen molar-refractivity contribution < 1.29 is 28.6 Å². The number of hydrogen-bond donors (Lipinski definition) is 0. The van der Waals surface area contributed by atoms with Crippen molar-refractivity contribution in [3.63, 3.8) is 0 Å². The predicted molar refractivity (Wildman–Crippen MR) is 102 cm³/mol. The van der Waals surface area contributed by atoms with Crippen molar-refractivity contribution >= 4 is 29.5 Å². The zero-order valence-electron chi connectivity index (χ0n) is 15.6. The maximum atomic E-state index is 12.5. The number of nitrogens with zero attached hydrogens (tertiary/aromatic N) is 2. The van der Waals surface area contributed by atoms with E-state index in [0.717, 1.165) is 0 Å². The van der Waals surface area contributed by atoms with Crippen LogP contribution < -0.4 is 0 Å². The molecule has 0 aromatic heterocycles. The maximum Gasteiger partial charge on any atom is 0.339 e. The van der Waals surface area contributed by atoms with Crippen LogP contribution in [0.1, 0.15) is 10.4 Å². The van der Waals surface area contributed by atoms with Crippen LogP contribution in [0.4, 0.5) is 0 Å². The Kier molecular flexibility index (Phi) is 7.70. The van der Waals surface area contributed by atoms with Gasteiger partial charge in [-0.25, -0.2) is 4.79 Å². The van der Waals surface area contributed by atoms with Crippen LogP contribution in [0.15, 0.2) is 29.2 Å².